The second-order valence-corrected chi connectivity index (χ2v) is 9.96. The van der Waals surface area contributed by atoms with E-state index in [1.165, 1.54) is 38.7 Å². The highest BCUT2D eigenvalue weighted by Gasteiger charge is 2.62. The normalized spacial score (nSPS) is 18.6. The van der Waals surface area contributed by atoms with Gasteiger partial charge in [0.2, 0.25) is 0 Å². The Morgan fingerprint density at radius 1 is 0.784 bits per heavy atom. The molecule has 1 aliphatic rings. The molecule has 1 aliphatic carbocycles. The van der Waals surface area contributed by atoms with Crippen LogP contribution in [0.1, 0.15) is 81.9 Å². The number of ether oxygens (including phenoxy) is 2. The molecule has 0 bridgehead atoms. The quantitative estimate of drug-likeness (QED) is 0.201. The zero-order valence-corrected chi connectivity index (χ0v) is 21.7. The summed E-state index contributed by atoms with van der Waals surface area (Å²) < 4.78 is 101. The maximum atomic E-state index is 15.3. The Kier molecular flexibility index (Phi) is 9.81. The van der Waals surface area contributed by atoms with Crippen LogP contribution in [0.3, 0.4) is 0 Å². The first-order valence-electron chi connectivity index (χ1n) is 13.1. The monoisotopic (exact) mass is 530 g/mol. The van der Waals surface area contributed by atoms with Gasteiger partial charge in [0.15, 0.2) is 23.1 Å². The molecule has 2 nitrogen and oxygen atoms in total. The van der Waals surface area contributed by atoms with E-state index in [9.17, 15) is 4.39 Å². The SMILES string of the molecule is CCCCCC1CCC(COc2ccc(C)c(C(F)(F)C(F)(F)c3cccc(OCC)c3F)c2F)CC1. The first-order chi connectivity index (χ1) is 17.5. The second-order valence-electron chi connectivity index (χ2n) is 9.96. The molecule has 1 fully saturated rings. The lowest BCUT2D eigenvalue weighted by molar-refractivity contribution is -0.227. The van der Waals surface area contributed by atoms with E-state index in [0.29, 0.717) is 12.0 Å². The Balaban J connectivity index is 1.78. The van der Waals surface area contributed by atoms with Gasteiger partial charge in [0.1, 0.15) is 0 Å². The lowest BCUT2D eigenvalue weighted by Crippen LogP contribution is -2.38. The molecule has 206 valence electrons. The lowest BCUT2D eigenvalue weighted by Gasteiger charge is -2.30. The fourth-order valence-corrected chi connectivity index (χ4v) is 5.07. The number of halogens is 6. The van der Waals surface area contributed by atoms with Crippen molar-refractivity contribution in [2.24, 2.45) is 11.8 Å². The van der Waals surface area contributed by atoms with Gasteiger partial charge in [-0.05, 0) is 62.3 Å². The molecule has 2 aromatic rings. The number of benzene rings is 2. The number of alkyl halides is 4. The van der Waals surface area contributed by atoms with Crippen molar-refractivity contribution in [3.63, 3.8) is 0 Å². The maximum absolute atomic E-state index is 15.3. The van der Waals surface area contributed by atoms with E-state index in [1.54, 1.807) is 0 Å². The van der Waals surface area contributed by atoms with Crippen molar-refractivity contribution in [1.29, 1.82) is 0 Å². The lowest BCUT2D eigenvalue weighted by atomic mass is 9.80. The molecule has 0 aliphatic heterocycles. The van der Waals surface area contributed by atoms with Crippen LogP contribution in [0, 0.1) is 30.4 Å². The van der Waals surface area contributed by atoms with Gasteiger partial charge in [-0.15, -0.1) is 0 Å². The van der Waals surface area contributed by atoms with Crippen LogP contribution in [0.25, 0.3) is 0 Å². The minimum absolute atomic E-state index is 0.0457. The summed E-state index contributed by atoms with van der Waals surface area (Å²) >= 11 is 0. The van der Waals surface area contributed by atoms with Gasteiger partial charge in [-0.2, -0.15) is 17.6 Å². The Bertz CT molecular complexity index is 1030. The number of hydrogen-bond donors (Lipinski definition) is 0. The summed E-state index contributed by atoms with van der Waals surface area (Å²) in [4.78, 5) is 0. The summed E-state index contributed by atoms with van der Waals surface area (Å²) in [5.74, 6) is -13.6. The van der Waals surface area contributed by atoms with E-state index in [4.69, 9.17) is 9.47 Å². The molecule has 0 amide bonds. The molecule has 37 heavy (non-hydrogen) atoms. The van der Waals surface area contributed by atoms with Crippen LogP contribution in [0.2, 0.25) is 0 Å². The zero-order chi connectivity index (χ0) is 27.2. The molecule has 0 aromatic heterocycles. The Morgan fingerprint density at radius 3 is 2.08 bits per heavy atom. The predicted octanol–water partition coefficient (Wildman–Crippen LogP) is 9.32. The molecule has 0 N–H and O–H groups in total. The Labute approximate surface area is 215 Å². The van der Waals surface area contributed by atoms with E-state index in [1.807, 2.05) is 0 Å². The van der Waals surface area contributed by atoms with Crippen molar-refractivity contribution >= 4 is 0 Å². The first-order valence-corrected chi connectivity index (χ1v) is 13.1. The van der Waals surface area contributed by atoms with Crippen molar-refractivity contribution < 1.29 is 35.8 Å². The average molecular weight is 531 g/mol. The first kappa shape index (κ1) is 29.2. The van der Waals surface area contributed by atoms with Crippen molar-refractivity contribution in [2.45, 2.75) is 84.0 Å². The summed E-state index contributed by atoms with van der Waals surface area (Å²) in [6, 6.07) is 4.91. The van der Waals surface area contributed by atoms with Crippen LogP contribution in [-0.4, -0.2) is 13.2 Å². The zero-order valence-electron chi connectivity index (χ0n) is 21.7. The number of unbranched alkanes of at least 4 members (excludes halogenated alkanes) is 2. The van der Waals surface area contributed by atoms with Gasteiger partial charge >= 0.3 is 11.8 Å². The van der Waals surface area contributed by atoms with Crippen LogP contribution in [-0.2, 0) is 11.8 Å². The van der Waals surface area contributed by atoms with Gasteiger partial charge < -0.3 is 9.47 Å². The molecule has 0 atom stereocenters. The molecule has 3 rings (SSSR count). The summed E-state index contributed by atoms with van der Waals surface area (Å²) in [7, 11) is 0. The third kappa shape index (κ3) is 6.37. The largest absolute Gasteiger partial charge is 0.491 e. The van der Waals surface area contributed by atoms with Crippen LogP contribution < -0.4 is 9.47 Å². The molecule has 0 spiro atoms. The van der Waals surface area contributed by atoms with Crippen molar-refractivity contribution in [3.8, 4) is 11.5 Å². The van der Waals surface area contributed by atoms with Crippen LogP contribution in [0.15, 0.2) is 30.3 Å². The molecule has 2 aromatic carbocycles. The van der Waals surface area contributed by atoms with E-state index < -0.39 is 46.1 Å². The van der Waals surface area contributed by atoms with E-state index in [-0.39, 0.29) is 24.7 Å². The highest BCUT2D eigenvalue weighted by molar-refractivity contribution is 5.43. The minimum atomic E-state index is -5.05. The van der Waals surface area contributed by atoms with E-state index >= 15 is 22.0 Å². The molecule has 0 radical (unpaired) electrons. The van der Waals surface area contributed by atoms with Gasteiger partial charge in [-0.25, -0.2) is 8.78 Å². The number of hydrogen-bond acceptors (Lipinski definition) is 2. The maximum Gasteiger partial charge on any atom is 0.343 e. The van der Waals surface area contributed by atoms with Gasteiger partial charge in [0.25, 0.3) is 0 Å². The van der Waals surface area contributed by atoms with E-state index in [2.05, 4.69) is 6.92 Å². The minimum Gasteiger partial charge on any atom is -0.491 e. The Hall–Kier alpha value is -2.38. The molecule has 0 unspecified atom stereocenters. The fourth-order valence-electron chi connectivity index (χ4n) is 5.07. The molecule has 8 heteroatoms. The highest BCUT2D eigenvalue weighted by atomic mass is 19.3. The number of rotatable bonds is 12. The summed E-state index contributed by atoms with van der Waals surface area (Å²) in [5, 5.41) is 0. The van der Waals surface area contributed by atoms with Crippen LogP contribution in [0.4, 0.5) is 26.3 Å². The van der Waals surface area contributed by atoms with Crippen molar-refractivity contribution in [2.75, 3.05) is 13.2 Å². The van der Waals surface area contributed by atoms with E-state index in [0.717, 1.165) is 50.8 Å². The topological polar surface area (TPSA) is 18.5 Å². The third-order valence-corrected chi connectivity index (χ3v) is 7.28. The molecular weight excluding hydrogens is 494 g/mol. The Morgan fingerprint density at radius 2 is 1.43 bits per heavy atom. The summed E-state index contributed by atoms with van der Waals surface area (Å²) in [5.41, 5.74) is -3.46. The van der Waals surface area contributed by atoms with Gasteiger partial charge in [-0.3, -0.25) is 0 Å². The van der Waals surface area contributed by atoms with Gasteiger partial charge in [0.05, 0.1) is 24.3 Å². The summed E-state index contributed by atoms with van der Waals surface area (Å²) in [6.45, 7) is 4.85. The molecule has 1 saturated carbocycles. The second kappa shape index (κ2) is 12.4. The van der Waals surface area contributed by atoms with Crippen molar-refractivity contribution in [3.05, 3.63) is 58.7 Å². The standard InChI is InChI=1S/C29H36F6O2/c1-4-6-7-9-20-13-15-21(16-14-20)18-37-24-17-12-19(3)25(27(24)31)29(34,35)28(32,33)22-10-8-11-23(26(22)30)36-5-2/h8,10-12,17,20-21H,4-7,9,13-16,18H2,1-3H3. The third-order valence-electron chi connectivity index (χ3n) is 7.28. The highest BCUT2D eigenvalue weighted by Crippen LogP contribution is 2.53. The number of aryl methyl sites for hydroxylation is 1. The van der Waals surface area contributed by atoms with Crippen LogP contribution >= 0.6 is 0 Å². The average Bonchev–Trinajstić information content (AvgIpc) is 2.85. The molecule has 0 saturated heterocycles. The van der Waals surface area contributed by atoms with Crippen LogP contribution in [0.5, 0.6) is 11.5 Å². The van der Waals surface area contributed by atoms with Gasteiger partial charge in [0, 0.05) is 0 Å². The molecule has 0 heterocycles. The smallest absolute Gasteiger partial charge is 0.343 e. The predicted molar refractivity (Wildman–Crippen MR) is 132 cm³/mol. The van der Waals surface area contributed by atoms with Crippen molar-refractivity contribution in [1.82, 2.24) is 0 Å². The molecular formula is C29H36F6O2. The summed E-state index contributed by atoms with van der Waals surface area (Å²) in [6.07, 6.45) is 8.64. The fraction of sp³-hybridized carbons (Fsp3) is 0.586. The van der Waals surface area contributed by atoms with Gasteiger partial charge in [-0.1, -0.05) is 57.6 Å².